The second-order valence-electron chi connectivity index (χ2n) is 43.8. The molecule has 3 amide bonds. The molecule has 8 aliphatic rings. The number of benzene rings is 6. The fourth-order valence-corrected chi connectivity index (χ4v) is 22.8. The maximum atomic E-state index is 14.5. The zero-order valence-corrected chi connectivity index (χ0v) is 95.4. The zero-order chi connectivity index (χ0) is 103. The van der Waals surface area contributed by atoms with E-state index in [-0.39, 0.29) is 169 Å². The molecule has 2 saturated heterocycles. The number of hydroxylamine groups is 4. The summed E-state index contributed by atoms with van der Waals surface area (Å²) in [4.78, 5) is 76.5. The van der Waals surface area contributed by atoms with Crippen LogP contribution in [-0.2, 0) is 54.0 Å². The number of nitrogens with one attached hydrogen (secondary N) is 3. The van der Waals surface area contributed by atoms with Gasteiger partial charge >= 0.3 is 5.97 Å². The number of hydrogen-bond acceptors (Lipinski definition) is 23. The van der Waals surface area contributed by atoms with Crippen molar-refractivity contribution in [2.24, 2.45) is 80.1 Å². The van der Waals surface area contributed by atoms with Crippen molar-refractivity contribution in [2.75, 3.05) is 125 Å². The summed E-state index contributed by atoms with van der Waals surface area (Å²) in [5.74, 6) is 5.55. The Bertz CT molecular complexity index is 4910. The van der Waals surface area contributed by atoms with Crippen LogP contribution in [0.15, 0.2) is 144 Å². The zero-order valence-electron chi connectivity index (χ0n) is 89.2. The van der Waals surface area contributed by atoms with Gasteiger partial charge in [-0.05, 0) is 230 Å². The molecule has 2 aliphatic heterocycles. The average molecular weight is 2270 g/mol. The minimum Gasteiger partial charge on any atom is -0.496 e. The van der Waals surface area contributed by atoms with Gasteiger partial charge in [0, 0.05) is 155 Å². The van der Waals surface area contributed by atoms with Crippen LogP contribution in [0.1, 0.15) is 202 Å². The van der Waals surface area contributed by atoms with Gasteiger partial charge in [-0.15, -0.1) is 0 Å². The number of nitrogens with zero attached hydrogens (tertiary/aromatic N) is 8. The van der Waals surface area contributed by atoms with E-state index >= 15 is 0 Å². The molecule has 6 aromatic rings. The van der Waals surface area contributed by atoms with Gasteiger partial charge in [0.05, 0.1) is 78.1 Å². The number of carbonyl (C=O) groups is 4. The SMILES string of the molecule is C.C.C.C.CCN=NN.CN(C)C[C@@H](N)Cc1ccccc1.COc1c(CN2O[C@@H](CO)[C@@H]([C@H](C)O)[C@H]2C(=O)N[C@H]2C[C@H]3C[C@@H]([C@@H]2C)C3(C)C)cccc1-c1cc(C(=O)N[C@@H](Cc2ccccc2)CN(C)C)cc(N(C)CCO[Si](C)(C)C(C)(C)C)c1.COc1c(CN2O[C@@H](CO)[C@@H]([C@H](C)O)[C@H]2C(=O)N[C@H]2C[C@H]3C[C@@H]([C@@H]2C)C3(C)C)cccc1-c1cc(C(=O)O)cc(N(C)CCO[Si](C)(C)C(C)(C)C)c1.S.[3H][B].[U]. The van der Waals surface area contributed by atoms with Gasteiger partial charge in [0.15, 0.2) is 16.6 Å². The maximum absolute atomic E-state index is 14.5. The van der Waals surface area contributed by atoms with Crippen molar-refractivity contribution >= 4 is 73.6 Å². The number of nitrogens with two attached hydrogens (primary N) is 2. The van der Waals surface area contributed by atoms with Crippen molar-refractivity contribution in [3.05, 3.63) is 167 Å². The Balaban J connectivity index is 0.000000796. The second kappa shape index (κ2) is 57.8. The van der Waals surface area contributed by atoms with Crippen LogP contribution in [0.3, 0.4) is 0 Å². The molecule has 0 unspecified atom stereocenters. The number of methoxy groups -OCH3 is 2. The van der Waals surface area contributed by atoms with Crippen molar-refractivity contribution in [1.82, 2.24) is 35.9 Å². The first-order valence-corrected chi connectivity index (χ1v) is 54.8. The third-order valence-electron chi connectivity index (χ3n) is 31.0. The Hall–Kier alpha value is -6.82. The number of hydrogen-bond donors (Lipinski definition) is 10. The summed E-state index contributed by atoms with van der Waals surface area (Å²) in [6.45, 7) is 45.3. The number of likely N-dealkylation sites (N-methyl/N-ethyl adjacent to an activating group) is 4. The van der Waals surface area contributed by atoms with E-state index < -0.39 is 70.9 Å². The van der Waals surface area contributed by atoms with Crippen molar-refractivity contribution in [3.8, 4) is 33.8 Å². The Morgan fingerprint density at radius 3 is 1.29 bits per heavy atom. The van der Waals surface area contributed by atoms with Gasteiger partial charge in [-0.25, -0.2) is 4.79 Å². The van der Waals surface area contributed by atoms with E-state index in [1.165, 1.54) is 18.4 Å². The van der Waals surface area contributed by atoms with Crippen molar-refractivity contribution in [2.45, 2.75) is 282 Å². The Morgan fingerprint density at radius 1 is 0.587 bits per heavy atom. The predicted molar refractivity (Wildman–Crippen MR) is 592 cm³/mol. The summed E-state index contributed by atoms with van der Waals surface area (Å²) in [6.07, 6.45) is 2.48. The van der Waals surface area contributed by atoms with Crippen LogP contribution in [0.2, 0.25) is 36.3 Å². The number of carboxylic acid groups (broad SMARTS) is 1. The number of fused-ring (bicyclic) bond motifs is 4. The third kappa shape index (κ3) is 33.6. The van der Waals surface area contributed by atoms with E-state index in [1.54, 1.807) is 50.3 Å². The molecular formula is C110H186BN13O15SSi2U. The molecule has 0 spiro atoms. The van der Waals surface area contributed by atoms with E-state index in [1.807, 2.05) is 133 Å². The first-order chi connectivity index (χ1) is 64.9. The summed E-state index contributed by atoms with van der Waals surface area (Å²) >= 11 is 0. The van der Waals surface area contributed by atoms with Crippen LogP contribution in [0.4, 0.5) is 11.4 Å². The standard InChI is InChI=1S/C52H79N5O7Si.C41H63N3O8Si.C11H18N2.C2H7N3.4CH4.BH.H2S.U/c1-33-43-28-39(52(43,6)7)29-44(33)54-50(61)47-46(34(2)59)45(32-58)64-57(47)30-36-20-17-21-42(48(36)62-11)37-25-38(27-41(26-37)56(10)22-23-63-65(12,13)51(3,4)5)49(60)53-40(31-55(8)9)24-35-18-15-14-16-19-35;1-24-32-20-29(41(32,6)7)21-33(24)42-38(47)36-35(25(2)46)34(23-45)52-44(36)22-26-13-12-14-31(37(26)50-9)27-17-28(39(48)49)19-30(18-27)43(8)15-16-51-53(10,11)40(3,4)5;1-13(2)9-11(12)8-10-6-4-3-5-7-10;1-2-4-5-3;;;;;;;/h14-21,25-27,33-34,39-40,43-47,58-59H,22-24,28-32H2,1-13H3,(H,53,60)(H,54,61);12-14,17-19,24-25,29,32-36,45-46H,15-16,20-23H2,1-11H3,(H,42,47)(H,48,49);3-7,11H,8-9,12H2,1-2H3;2H2,1H3,(H2,3,4);4*1H4;1H;1H2;/t33-,34-,39+,40-,43-,44-,45-,46+,47-;24-,25-,29+,32-,33-,34-,35+,36-;11-;;;;;;;;/m000......../s1/i;;;;;;;;1T;;. The smallest absolute Gasteiger partial charge is 0.335 e. The van der Waals surface area contributed by atoms with Crippen LogP contribution in [-0.4, -0.2) is 272 Å². The minimum atomic E-state index is -1.99. The molecule has 0 aromatic heterocycles. The maximum Gasteiger partial charge on any atom is 0.335 e. The Labute approximate surface area is 896 Å². The number of ether oxygens (including phenoxy) is 2. The number of aliphatic hydroxyl groups is 4. The minimum absolute atomic E-state index is 0. The molecule has 4 bridgehead atoms. The molecule has 12 N–H and O–H groups in total. The van der Waals surface area contributed by atoms with Gasteiger partial charge in [-0.1, -0.05) is 215 Å². The topological polar surface area (TPSA) is 357 Å². The van der Waals surface area contributed by atoms with Gasteiger partial charge < -0.3 is 91.0 Å². The molecule has 802 valence electrons. The molecule has 28 nitrogen and oxygen atoms in total. The van der Waals surface area contributed by atoms with Crippen molar-refractivity contribution in [3.63, 3.8) is 0 Å². The normalized spacial score (nSPS) is 23.2. The Morgan fingerprint density at radius 2 is 0.965 bits per heavy atom. The molecule has 33 heteroatoms. The van der Waals surface area contributed by atoms with Crippen LogP contribution in [0.25, 0.3) is 22.3 Å². The van der Waals surface area contributed by atoms with Crippen LogP contribution >= 0.6 is 13.5 Å². The largest absolute Gasteiger partial charge is 0.496 e. The summed E-state index contributed by atoms with van der Waals surface area (Å²) in [5, 5.41) is 72.7. The summed E-state index contributed by atoms with van der Waals surface area (Å²) < 4.78 is 30.5. The molecular weight excluding hydrogens is 2080 g/mol. The first kappa shape index (κ1) is 130. The second-order valence-corrected chi connectivity index (χ2v) is 53.4. The van der Waals surface area contributed by atoms with Gasteiger partial charge in [-0.2, -0.15) is 28.7 Å². The number of carboxylic acids is 1. The number of aliphatic hydroxyl groups excluding tert-OH is 4. The monoisotopic (exact) mass is 2270 g/mol. The molecule has 6 aromatic carbocycles. The van der Waals surface area contributed by atoms with Crippen molar-refractivity contribution in [1.29, 1.82) is 1.34 Å². The summed E-state index contributed by atoms with van der Waals surface area (Å²) in [6, 6.07) is 41.7. The number of rotatable bonds is 38. The van der Waals surface area contributed by atoms with E-state index in [9.17, 15) is 44.7 Å². The van der Waals surface area contributed by atoms with Gasteiger partial charge in [-0.3, -0.25) is 24.1 Å². The molecule has 6 aliphatic carbocycles. The van der Waals surface area contributed by atoms with E-state index in [2.05, 4.69) is 207 Å². The van der Waals surface area contributed by atoms with Crippen LogP contribution in [0.5, 0.6) is 11.5 Å². The Kier molecular flexibility index (Phi) is 52.7. The molecule has 14 rings (SSSR count). The molecule has 2 radical (unpaired) electrons. The number of carbonyl (C=O) groups excluding carboxylic acids is 3. The molecule has 6 saturated carbocycles. The molecule has 18 atom stereocenters. The number of amides is 3. The fraction of sp³-hybridized carbons (Fsp3) is 0.636. The molecule has 2 heterocycles. The predicted octanol–water partition coefficient (Wildman–Crippen LogP) is 17.0. The fourth-order valence-electron chi connectivity index (χ4n) is 20.8. The average Bonchev–Trinajstić information content (AvgIpc) is 1.25. The summed E-state index contributed by atoms with van der Waals surface area (Å²) in [7, 11) is 15.1. The van der Waals surface area contributed by atoms with Crippen LogP contribution in [0, 0.1) is 89.3 Å². The quantitative estimate of drug-likeness (QED) is 0.00745. The number of anilines is 2. The van der Waals surface area contributed by atoms with E-state index in [0.29, 0.717) is 115 Å². The number of aromatic carboxylic acids is 1. The first-order valence-electron chi connectivity index (χ1n) is 49.6. The third-order valence-corrected chi connectivity index (χ3v) is 40.1. The number of para-hydroxylation sites is 2. The van der Waals surface area contributed by atoms with Gasteiger partial charge in [0.1, 0.15) is 35.8 Å². The van der Waals surface area contributed by atoms with Gasteiger partial charge in [0.25, 0.3) is 5.91 Å². The molecule has 8 fully saturated rings. The van der Waals surface area contributed by atoms with Crippen LogP contribution < -0.4 is 46.8 Å². The van der Waals surface area contributed by atoms with E-state index in [4.69, 9.17) is 35.1 Å². The summed E-state index contributed by atoms with van der Waals surface area (Å²) in [5.41, 5.74) is 15.6. The van der Waals surface area contributed by atoms with E-state index in [0.717, 1.165) is 59.4 Å². The molecule has 143 heavy (non-hydrogen) atoms. The van der Waals surface area contributed by atoms with Crippen molar-refractivity contribution < 1.29 is 104 Å². The van der Waals surface area contributed by atoms with Gasteiger partial charge in [0.2, 0.25) is 11.8 Å².